The fourth-order valence-electron chi connectivity index (χ4n) is 2.66. The van der Waals surface area contributed by atoms with Gasteiger partial charge in [0.15, 0.2) is 0 Å². The Morgan fingerprint density at radius 2 is 2.26 bits per heavy atom. The monoisotopic (exact) mass is 331 g/mol. The average molecular weight is 331 g/mol. The summed E-state index contributed by atoms with van der Waals surface area (Å²) in [5.41, 5.74) is 1.48. The van der Waals surface area contributed by atoms with Crippen molar-refractivity contribution in [1.82, 2.24) is 15.5 Å². The highest BCUT2D eigenvalue weighted by Crippen LogP contribution is 2.23. The molecule has 1 aliphatic rings. The number of nitrogens with zero attached hydrogens (tertiary/aromatic N) is 2. The van der Waals surface area contributed by atoms with Crippen LogP contribution in [0.4, 0.5) is 0 Å². The molecular weight excluding hydrogens is 310 g/mol. The van der Waals surface area contributed by atoms with E-state index in [9.17, 15) is 4.79 Å². The number of hydrogen-bond donors (Lipinski definition) is 1. The molecule has 0 atom stereocenters. The predicted molar refractivity (Wildman–Crippen MR) is 90.1 cm³/mol. The van der Waals surface area contributed by atoms with Gasteiger partial charge in [-0.15, -0.1) is 21.5 Å². The Bertz CT molecular complexity index is 661. The van der Waals surface area contributed by atoms with Gasteiger partial charge in [0.1, 0.15) is 0 Å². The van der Waals surface area contributed by atoms with Crippen molar-refractivity contribution in [3.05, 3.63) is 35.1 Å². The second-order valence-corrected chi connectivity index (χ2v) is 6.63. The van der Waals surface area contributed by atoms with Crippen LogP contribution in [0.3, 0.4) is 0 Å². The van der Waals surface area contributed by atoms with E-state index in [2.05, 4.69) is 21.6 Å². The van der Waals surface area contributed by atoms with Crippen LogP contribution in [0, 0.1) is 0 Å². The van der Waals surface area contributed by atoms with Crippen LogP contribution >= 0.6 is 11.3 Å². The zero-order valence-electron chi connectivity index (χ0n) is 13.1. The summed E-state index contributed by atoms with van der Waals surface area (Å²) in [7, 11) is 0. The fraction of sp³-hybridized carbons (Fsp3) is 0.471. The first-order valence-corrected chi connectivity index (χ1v) is 9.00. The molecule has 6 heteroatoms. The first-order chi connectivity index (χ1) is 11.3. The Kier molecular flexibility index (Phi) is 5.58. The van der Waals surface area contributed by atoms with E-state index < -0.39 is 0 Å². The largest absolute Gasteiger partial charge is 0.420 e. The number of hydrogen-bond acceptors (Lipinski definition) is 5. The van der Waals surface area contributed by atoms with E-state index in [4.69, 9.17) is 4.42 Å². The van der Waals surface area contributed by atoms with Gasteiger partial charge in [-0.1, -0.05) is 17.7 Å². The molecule has 3 rings (SSSR count). The molecule has 2 aromatic heterocycles. The van der Waals surface area contributed by atoms with Crippen LogP contribution in [0.2, 0.25) is 0 Å². The van der Waals surface area contributed by atoms with Crippen LogP contribution in [-0.4, -0.2) is 22.6 Å². The number of aryl methyl sites for hydroxylation is 1. The van der Waals surface area contributed by atoms with Crippen molar-refractivity contribution in [1.29, 1.82) is 0 Å². The van der Waals surface area contributed by atoms with Crippen molar-refractivity contribution in [2.45, 2.75) is 44.9 Å². The summed E-state index contributed by atoms with van der Waals surface area (Å²) in [6.07, 6.45) is 9.10. The SMILES string of the molecule is O=C(CCc1nnc(-c2cccs2)o1)NCCC1=CCCCC1. The molecule has 122 valence electrons. The lowest BCUT2D eigenvalue weighted by Gasteiger charge is -2.12. The normalized spacial score (nSPS) is 14.5. The number of aromatic nitrogens is 2. The number of nitrogens with one attached hydrogen (secondary N) is 1. The van der Waals surface area contributed by atoms with Crippen molar-refractivity contribution in [3.63, 3.8) is 0 Å². The first-order valence-electron chi connectivity index (χ1n) is 8.12. The Hall–Kier alpha value is -1.95. The molecular formula is C17H21N3O2S. The third-order valence-corrected chi connectivity index (χ3v) is 4.78. The van der Waals surface area contributed by atoms with E-state index in [1.54, 1.807) is 11.3 Å². The Morgan fingerprint density at radius 3 is 3.04 bits per heavy atom. The van der Waals surface area contributed by atoms with Crippen LogP contribution in [0.5, 0.6) is 0 Å². The molecule has 23 heavy (non-hydrogen) atoms. The van der Waals surface area contributed by atoms with Gasteiger partial charge < -0.3 is 9.73 Å². The van der Waals surface area contributed by atoms with Crippen molar-refractivity contribution in [2.24, 2.45) is 0 Å². The predicted octanol–water partition coefficient (Wildman–Crippen LogP) is 3.74. The molecule has 0 unspecified atom stereocenters. The minimum atomic E-state index is 0.0392. The maximum Gasteiger partial charge on any atom is 0.257 e. The zero-order valence-corrected chi connectivity index (χ0v) is 13.9. The summed E-state index contributed by atoms with van der Waals surface area (Å²) in [6, 6.07) is 3.88. The van der Waals surface area contributed by atoms with Gasteiger partial charge in [-0.2, -0.15) is 0 Å². The Morgan fingerprint density at radius 1 is 1.30 bits per heavy atom. The first kappa shape index (κ1) is 15.9. The molecule has 0 saturated carbocycles. The lowest BCUT2D eigenvalue weighted by atomic mass is 9.97. The molecule has 0 spiro atoms. The lowest BCUT2D eigenvalue weighted by Crippen LogP contribution is -2.25. The molecule has 0 aliphatic heterocycles. The second kappa shape index (κ2) is 8.06. The zero-order chi connectivity index (χ0) is 15.9. The van der Waals surface area contributed by atoms with Crippen LogP contribution in [0.15, 0.2) is 33.6 Å². The standard InChI is InChI=1S/C17H21N3O2S/c21-15(18-11-10-13-5-2-1-3-6-13)8-9-16-19-20-17(22-16)14-7-4-12-23-14/h4-5,7,12H,1-3,6,8-11H2,(H,18,21). The molecule has 5 nitrogen and oxygen atoms in total. The van der Waals surface area contributed by atoms with Crippen LogP contribution in [-0.2, 0) is 11.2 Å². The van der Waals surface area contributed by atoms with E-state index in [-0.39, 0.29) is 5.91 Å². The maximum absolute atomic E-state index is 11.9. The van der Waals surface area contributed by atoms with Crippen molar-refractivity contribution in [2.75, 3.05) is 6.54 Å². The smallest absolute Gasteiger partial charge is 0.257 e. The maximum atomic E-state index is 11.9. The quantitative estimate of drug-likeness (QED) is 0.785. The van der Waals surface area contributed by atoms with E-state index in [0.29, 0.717) is 24.6 Å². The topological polar surface area (TPSA) is 68.0 Å². The van der Waals surface area contributed by atoms with Crippen molar-refractivity contribution < 1.29 is 9.21 Å². The minimum absolute atomic E-state index is 0.0392. The van der Waals surface area contributed by atoms with Gasteiger partial charge in [0.2, 0.25) is 11.8 Å². The van der Waals surface area contributed by atoms with Gasteiger partial charge >= 0.3 is 0 Å². The van der Waals surface area contributed by atoms with Crippen molar-refractivity contribution in [3.8, 4) is 10.8 Å². The van der Waals surface area contributed by atoms with Gasteiger partial charge in [0, 0.05) is 19.4 Å². The molecule has 0 saturated heterocycles. The fourth-order valence-corrected chi connectivity index (χ4v) is 3.30. The number of allylic oxidation sites excluding steroid dienone is 1. The summed E-state index contributed by atoms with van der Waals surface area (Å²) in [4.78, 5) is 12.8. The molecule has 2 aromatic rings. The van der Waals surface area contributed by atoms with E-state index in [1.807, 2.05) is 17.5 Å². The van der Waals surface area contributed by atoms with Gasteiger partial charge in [0.25, 0.3) is 5.89 Å². The van der Waals surface area contributed by atoms with Crippen LogP contribution in [0.1, 0.15) is 44.4 Å². The number of carbonyl (C=O) groups excluding carboxylic acids is 1. The molecule has 1 aliphatic carbocycles. The summed E-state index contributed by atoms with van der Waals surface area (Å²) >= 11 is 1.56. The summed E-state index contributed by atoms with van der Waals surface area (Å²) in [5.74, 6) is 1.08. The molecule has 0 radical (unpaired) electrons. The van der Waals surface area contributed by atoms with E-state index in [0.717, 1.165) is 17.8 Å². The van der Waals surface area contributed by atoms with Gasteiger partial charge in [-0.05, 0) is 43.6 Å². The minimum Gasteiger partial charge on any atom is -0.420 e. The lowest BCUT2D eigenvalue weighted by molar-refractivity contribution is -0.121. The number of carbonyl (C=O) groups is 1. The van der Waals surface area contributed by atoms with E-state index in [1.165, 1.54) is 31.3 Å². The summed E-state index contributed by atoms with van der Waals surface area (Å²) < 4.78 is 5.58. The molecule has 2 heterocycles. The molecule has 0 bridgehead atoms. The highest BCUT2D eigenvalue weighted by molar-refractivity contribution is 7.13. The second-order valence-electron chi connectivity index (χ2n) is 5.69. The molecule has 0 aromatic carbocycles. The Balaban J connectivity index is 1.38. The highest BCUT2D eigenvalue weighted by atomic mass is 32.1. The molecule has 1 amide bonds. The van der Waals surface area contributed by atoms with Crippen LogP contribution in [0.25, 0.3) is 10.8 Å². The van der Waals surface area contributed by atoms with Crippen LogP contribution < -0.4 is 5.32 Å². The summed E-state index contributed by atoms with van der Waals surface area (Å²) in [6.45, 7) is 0.717. The number of thiophene rings is 1. The van der Waals surface area contributed by atoms with Gasteiger partial charge in [-0.25, -0.2) is 0 Å². The summed E-state index contributed by atoms with van der Waals surface area (Å²) in [5, 5.41) is 12.9. The Labute approximate surface area is 139 Å². The highest BCUT2D eigenvalue weighted by Gasteiger charge is 2.11. The third kappa shape index (κ3) is 4.76. The number of rotatable bonds is 7. The number of amides is 1. The third-order valence-electron chi connectivity index (χ3n) is 3.92. The molecule has 0 fully saturated rings. The van der Waals surface area contributed by atoms with Gasteiger partial charge in [-0.3, -0.25) is 4.79 Å². The van der Waals surface area contributed by atoms with E-state index >= 15 is 0 Å². The van der Waals surface area contributed by atoms with Crippen molar-refractivity contribution >= 4 is 17.2 Å². The molecule has 1 N–H and O–H groups in total. The average Bonchev–Trinajstić information content (AvgIpc) is 3.25. The van der Waals surface area contributed by atoms with Gasteiger partial charge in [0.05, 0.1) is 4.88 Å².